The van der Waals surface area contributed by atoms with Crippen LogP contribution in [0.25, 0.3) is 93.9 Å². The van der Waals surface area contributed by atoms with Crippen molar-refractivity contribution in [2.45, 2.75) is 38.5 Å². The second kappa shape index (κ2) is 14.6. The van der Waals surface area contributed by atoms with Gasteiger partial charge in [-0.1, -0.05) is 179 Å². The van der Waals surface area contributed by atoms with Crippen molar-refractivity contribution < 1.29 is 4.42 Å². The molecule has 0 N–H and O–H groups in total. The van der Waals surface area contributed by atoms with Crippen molar-refractivity contribution in [1.29, 1.82) is 0 Å². The summed E-state index contributed by atoms with van der Waals surface area (Å²) in [6, 6.07) is 80.5. The topological polar surface area (TPSA) is 21.3 Å². The molecule has 0 saturated heterocycles. The molecule has 10 aromatic carbocycles. The van der Waals surface area contributed by atoms with Gasteiger partial charge in [-0.3, -0.25) is 0 Å². The maximum atomic E-state index is 7.10. The normalized spacial score (nSPS) is 14.0. The monoisotopic (exact) mass is 884 g/mol. The van der Waals surface area contributed by atoms with Gasteiger partial charge in [0.15, 0.2) is 0 Å². The van der Waals surface area contributed by atoms with Crippen molar-refractivity contribution >= 4 is 60.8 Å². The first-order valence-electron chi connectivity index (χ1n) is 24.2. The smallest absolute Gasteiger partial charge is 0.137 e. The van der Waals surface area contributed by atoms with E-state index in [0.29, 0.717) is 0 Å². The van der Waals surface area contributed by atoms with Crippen molar-refractivity contribution in [3.63, 3.8) is 0 Å². The van der Waals surface area contributed by atoms with Gasteiger partial charge in [-0.25, -0.2) is 0 Å². The highest BCUT2D eigenvalue weighted by atomic mass is 16.3. The molecule has 3 nitrogen and oxygen atoms in total. The molecule has 0 bridgehead atoms. The van der Waals surface area contributed by atoms with Gasteiger partial charge in [0.1, 0.15) is 11.2 Å². The van der Waals surface area contributed by atoms with E-state index in [-0.39, 0.29) is 10.8 Å². The van der Waals surface area contributed by atoms with Gasteiger partial charge in [-0.15, -0.1) is 0 Å². The molecule has 2 aliphatic carbocycles. The molecule has 2 aliphatic rings. The van der Waals surface area contributed by atoms with E-state index in [1.165, 1.54) is 66.3 Å². The molecule has 0 fully saturated rings. The third-order valence-corrected chi connectivity index (χ3v) is 15.6. The molecule has 3 heteroatoms. The minimum Gasteiger partial charge on any atom is -0.456 e. The fourth-order valence-electron chi connectivity index (χ4n) is 12.3. The zero-order chi connectivity index (χ0) is 46.2. The van der Waals surface area contributed by atoms with E-state index in [1.807, 2.05) is 0 Å². The lowest BCUT2D eigenvalue weighted by Crippen LogP contribution is -2.18. The summed E-state index contributed by atoms with van der Waals surface area (Å²) in [5.74, 6) is 0. The first-order valence-corrected chi connectivity index (χ1v) is 24.2. The van der Waals surface area contributed by atoms with Crippen LogP contribution in [0.5, 0.6) is 0 Å². The van der Waals surface area contributed by atoms with Crippen LogP contribution in [0.2, 0.25) is 0 Å². The van der Waals surface area contributed by atoms with E-state index in [9.17, 15) is 0 Å². The van der Waals surface area contributed by atoms with E-state index in [2.05, 4.69) is 256 Å². The van der Waals surface area contributed by atoms with Crippen LogP contribution in [-0.2, 0) is 10.8 Å². The standard InChI is InChI=1S/C66H48N2O/c1-65(2)54-26-15-12-24-51(54)62-55(65)27-17-29-58(62)68(45-32-35-48-47-22-11-14-25-53(47)66(3,4)56(48)40-45)64-46(41-18-7-5-8-19-41)36-37-60-63(64)52-34-31-43(39-61(52)69-60)42-30-33-50-49-23-13-16-28-57(49)67(59(50)38-42)44-20-9-6-10-21-44/h5-40H,1-4H3. The van der Waals surface area contributed by atoms with Crippen molar-refractivity contribution in [3.05, 3.63) is 241 Å². The number of fused-ring (bicyclic) bond motifs is 12. The lowest BCUT2D eigenvalue weighted by atomic mass is 9.82. The number of hydrogen-bond donors (Lipinski definition) is 0. The van der Waals surface area contributed by atoms with Crippen LogP contribution >= 0.6 is 0 Å². The number of benzene rings is 10. The predicted octanol–water partition coefficient (Wildman–Crippen LogP) is 18.1. The van der Waals surface area contributed by atoms with Gasteiger partial charge in [-0.05, 0) is 122 Å². The number of anilines is 3. The predicted molar refractivity (Wildman–Crippen MR) is 289 cm³/mol. The summed E-state index contributed by atoms with van der Waals surface area (Å²) in [4.78, 5) is 2.57. The van der Waals surface area contributed by atoms with Crippen LogP contribution in [-0.4, -0.2) is 4.57 Å². The van der Waals surface area contributed by atoms with E-state index in [0.717, 1.165) is 66.9 Å². The SMILES string of the molecule is CC1(C)c2ccccc2-c2ccc(N(c3cccc4c3-c3ccccc3C4(C)C)c3c(-c4ccccc4)ccc4oc5cc(-c6ccc7c8ccccc8n(-c8ccccc8)c7c6)ccc5c34)cc21. The average Bonchev–Trinajstić information content (AvgIpc) is 4.07. The molecule has 0 unspecified atom stereocenters. The molecule has 328 valence electrons. The van der Waals surface area contributed by atoms with Crippen LogP contribution < -0.4 is 4.90 Å². The molecule has 12 aromatic rings. The van der Waals surface area contributed by atoms with Gasteiger partial charge in [0.05, 0.1) is 27.8 Å². The maximum Gasteiger partial charge on any atom is 0.137 e. The van der Waals surface area contributed by atoms with Crippen LogP contribution in [0.3, 0.4) is 0 Å². The summed E-state index contributed by atoms with van der Waals surface area (Å²) in [7, 11) is 0. The Bertz CT molecular complexity index is 4070. The average molecular weight is 885 g/mol. The van der Waals surface area contributed by atoms with Crippen LogP contribution in [0.4, 0.5) is 17.1 Å². The highest BCUT2D eigenvalue weighted by Crippen LogP contribution is 2.58. The third-order valence-electron chi connectivity index (χ3n) is 15.6. The van der Waals surface area contributed by atoms with Crippen molar-refractivity contribution in [1.82, 2.24) is 4.57 Å². The number of furan rings is 1. The molecule has 0 amide bonds. The zero-order valence-corrected chi connectivity index (χ0v) is 39.1. The number of aromatic nitrogens is 1. The van der Waals surface area contributed by atoms with Crippen LogP contribution in [0, 0.1) is 0 Å². The van der Waals surface area contributed by atoms with E-state index in [4.69, 9.17) is 4.42 Å². The number of rotatable bonds is 6. The molecule has 69 heavy (non-hydrogen) atoms. The lowest BCUT2D eigenvalue weighted by molar-refractivity contribution is 0.660. The van der Waals surface area contributed by atoms with E-state index >= 15 is 0 Å². The molecule has 2 aromatic heterocycles. The zero-order valence-electron chi connectivity index (χ0n) is 39.1. The molecule has 0 aliphatic heterocycles. The number of hydrogen-bond acceptors (Lipinski definition) is 2. The van der Waals surface area contributed by atoms with Gasteiger partial charge >= 0.3 is 0 Å². The van der Waals surface area contributed by atoms with Crippen LogP contribution in [0.1, 0.15) is 49.9 Å². The molecule has 2 heterocycles. The van der Waals surface area contributed by atoms with E-state index < -0.39 is 0 Å². The summed E-state index contributed by atoms with van der Waals surface area (Å²) >= 11 is 0. The van der Waals surface area contributed by atoms with Gasteiger partial charge in [0.2, 0.25) is 0 Å². The third kappa shape index (κ3) is 5.68. The lowest BCUT2D eigenvalue weighted by Gasteiger charge is -2.32. The Labute approximate surface area is 402 Å². The fourth-order valence-corrected chi connectivity index (χ4v) is 12.3. The largest absolute Gasteiger partial charge is 0.456 e. The molecule has 0 spiro atoms. The Morgan fingerprint density at radius 1 is 0.391 bits per heavy atom. The minimum atomic E-state index is -0.188. The molecule has 14 rings (SSSR count). The minimum absolute atomic E-state index is 0.180. The molecular formula is C66H48N2O. The van der Waals surface area contributed by atoms with Gasteiger partial charge in [0.25, 0.3) is 0 Å². The van der Waals surface area contributed by atoms with Gasteiger partial charge in [0, 0.05) is 49.5 Å². The van der Waals surface area contributed by atoms with Gasteiger partial charge < -0.3 is 13.9 Å². The summed E-state index contributed by atoms with van der Waals surface area (Å²) < 4.78 is 9.48. The summed E-state index contributed by atoms with van der Waals surface area (Å²) in [6.45, 7) is 9.50. The Kier molecular flexibility index (Phi) is 8.38. The molecule has 0 atom stereocenters. The Morgan fingerprint density at radius 3 is 1.81 bits per heavy atom. The molecule has 0 saturated carbocycles. The van der Waals surface area contributed by atoms with Crippen molar-refractivity contribution in [3.8, 4) is 50.2 Å². The number of nitrogens with zero attached hydrogens (tertiary/aromatic N) is 2. The summed E-state index contributed by atoms with van der Waals surface area (Å²) in [5, 5.41) is 4.64. The van der Waals surface area contributed by atoms with Gasteiger partial charge in [-0.2, -0.15) is 0 Å². The van der Waals surface area contributed by atoms with Crippen molar-refractivity contribution in [2.75, 3.05) is 4.90 Å². The summed E-state index contributed by atoms with van der Waals surface area (Å²) in [5.41, 5.74) is 23.3. The Morgan fingerprint density at radius 2 is 1.00 bits per heavy atom. The highest BCUT2D eigenvalue weighted by Gasteiger charge is 2.40. The van der Waals surface area contributed by atoms with Crippen molar-refractivity contribution in [2.24, 2.45) is 0 Å². The molecular weight excluding hydrogens is 837 g/mol. The van der Waals surface area contributed by atoms with E-state index in [1.54, 1.807) is 0 Å². The first-order chi connectivity index (χ1) is 33.8. The first kappa shape index (κ1) is 39.7. The maximum absolute atomic E-state index is 7.10. The highest BCUT2D eigenvalue weighted by molar-refractivity contribution is 6.18. The second-order valence-electron chi connectivity index (χ2n) is 20.0. The molecule has 0 radical (unpaired) electrons. The van der Waals surface area contributed by atoms with Crippen LogP contribution in [0.15, 0.2) is 223 Å². The Hall–Kier alpha value is -8.40. The number of para-hydroxylation sites is 2. The quantitative estimate of drug-likeness (QED) is 0.166. The fraction of sp³-hybridized carbons (Fsp3) is 0.0909. The second-order valence-corrected chi connectivity index (χ2v) is 20.0. The Balaban J connectivity index is 1.04. The summed E-state index contributed by atoms with van der Waals surface area (Å²) in [6.07, 6.45) is 0.